The first-order chi connectivity index (χ1) is 13.6. The first-order valence-corrected chi connectivity index (χ1v) is 9.04. The fourth-order valence-electron chi connectivity index (χ4n) is 2.91. The predicted octanol–water partition coefficient (Wildman–Crippen LogP) is 5.13. The van der Waals surface area contributed by atoms with Crippen LogP contribution in [0.3, 0.4) is 0 Å². The zero-order chi connectivity index (χ0) is 19.5. The van der Waals surface area contributed by atoms with Gasteiger partial charge in [-0.3, -0.25) is 4.79 Å². The van der Waals surface area contributed by atoms with E-state index in [0.29, 0.717) is 17.3 Å². The molecule has 0 aliphatic carbocycles. The van der Waals surface area contributed by atoms with Crippen molar-refractivity contribution in [2.75, 3.05) is 11.9 Å². The number of rotatable bonds is 5. The zero-order valence-corrected chi connectivity index (χ0v) is 15.7. The van der Waals surface area contributed by atoms with Crippen molar-refractivity contribution in [2.45, 2.75) is 13.8 Å². The molecule has 5 heteroatoms. The van der Waals surface area contributed by atoms with E-state index in [9.17, 15) is 4.79 Å². The van der Waals surface area contributed by atoms with E-state index in [0.717, 1.165) is 27.8 Å². The molecule has 0 saturated heterocycles. The fourth-order valence-corrected chi connectivity index (χ4v) is 2.91. The van der Waals surface area contributed by atoms with Crippen molar-refractivity contribution in [2.24, 2.45) is 0 Å². The Kier molecular flexibility index (Phi) is 4.81. The van der Waals surface area contributed by atoms with Crippen molar-refractivity contribution < 1.29 is 13.9 Å². The van der Waals surface area contributed by atoms with E-state index in [2.05, 4.69) is 10.3 Å². The third-order valence-electron chi connectivity index (χ3n) is 4.41. The standard InChI is InChI=1S/C23H20N2O3/c1-15-7-12-19-21(13-15)28-23(25-19)17-8-10-18(11-9-17)24-22(26)14-27-20-6-4-3-5-16(20)2/h3-13H,14H2,1-2H3,(H,24,26). The SMILES string of the molecule is Cc1ccc2nc(-c3ccc(NC(=O)COc4ccccc4C)cc3)oc2c1. The maximum atomic E-state index is 12.1. The Balaban J connectivity index is 1.41. The average Bonchev–Trinajstić information content (AvgIpc) is 3.11. The van der Waals surface area contributed by atoms with Gasteiger partial charge < -0.3 is 14.5 Å². The summed E-state index contributed by atoms with van der Waals surface area (Å²) in [6.07, 6.45) is 0. The number of para-hydroxylation sites is 1. The van der Waals surface area contributed by atoms with E-state index in [1.54, 1.807) is 0 Å². The smallest absolute Gasteiger partial charge is 0.262 e. The third kappa shape index (κ3) is 3.88. The van der Waals surface area contributed by atoms with Crippen LogP contribution in [0, 0.1) is 13.8 Å². The molecule has 0 atom stereocenters. The molecular weight excluding hydrogens is 352 g/mol. The topological polar surface area (TPSA) is 64.4 Å². The molecule has 0 bridgehead atoms. The molecule has 1 heterocycles. The summed E-state index contributed by atoms with van der Waals surface area (Å²) in [4.78, 5) is 16.6. The van der Waals surface area contributed by atoms with Crippen LogP contribution in [-0.4, -0.2) is 17.5 Å². The minimum atomic E-state index is -0.214. The van der Waals surface area contributed by atoms with E-state index < -0.39 is 0 Å². The van der Waals surface area contributed by atoms with E-state index in [1.807, 2.05) is 80.6 Å². The van der Waals surface area contributed by atoms with Crippen LogP contribution in [0.15, 0.2) is 71.1 Å². The lowest BCUT2D eigenvalue weighted by atomic mass is 10.2. The van der Waals surface area contributed by atoms with Crippen LogP contribution in [0.25, 0.3) is 22.6 Å². The van der Waals surface area contributed by atoms with Crippen molar-refractivity contribution in [3.63, 3.8) is 0 Å². The Morgan fingerprint density at radius 3 is 2.61 bits per heavy atom. The van der Waals surface area contributed by atoms with Crippen LogP contribution in [0.5, 0.6) is 5.75 Å². The molecule has 1 amide bonds. The lowest BCUT2D eigenvalue weighted by Crippen LogP contribution is -2.20. The second-order valence-corrected chi connectivity index (χ2v) is 6.67. The molecule has 0 spiro atoms. The van der Waals surface area contributed by atoms with Gasteiger partial charge in [0.1, 0.15) is 11.3 Å². The highest BCUT2D eigenvalue weighted by Crippen LogP contribution is 2.26. The fraction of sp³-hybridized carbons (Fsp3) is 0.130. The molecule has 28 heavy (non-hydrogen) atoms. The Morgan fingerprint density at radius 1 is 1.04 bits per heavy atom. The van der Waals surface area contributed by atoms with Gasteiger partial charge in [-0.25, -0.2) is 4.98 Å². The molecule has 0 saturated carbocycles. The summed E-state index contributed by atoms with van der Waals surface area (Å²) in [5.41, 5.74) is 5.25. The summed E-state index contributed by atoms with van der Waals surface area (Å²) in [6, 6.07) is 20.9. The third-order valence-corrected chi connectivity index (χ3v) is 4.41. The molecule has 0 radical (unpaired) electrons. The minimum Gasteiger partial charge on any atom is -0.483 e. The van der Waals surface area contributed by atoms with Crippen LogP contribution in [0.1, 0.15) is 11.1 Å². The summed E-state index contributed by atoms with van der Waals surface area (Å²) in [5, 5.41) is 2.83. The van der Waals surface area contributed by atoms with Gasteiger partial charge in [-0.05, 0) is 67.4 Å². The van der Waals surface area contributed by atoms with Gasteiger partial charge >= 0.3 is 0 Å². The summed E-state index contributed by atoms with van der Waals surface area (Å²) in [6.45, 7) is 3.92. The Hall–Kier alpha value is -3.60. The van der Waals surface area contributed by atoms with Gasteiger partial charge in [-0.1, -0.05) is 24.3 Å². The van der Waals surface area contributed by atoms with Crippen molar-refractivity contribution in [3.05, 3.63) is 77.9 Å². The summed E-state index contributed by atoms with van der Waals surface area (Å²) in [7, 11) is 0. The summed E-state index contributed by atoms with van der Waals surface area (Å²) >= 11 is 0. The highest BCUT2D eigenvalue weighted by Gasteiger charge is 2.09. The largest absolute Gasteiger partial charge is 0.483 e. The molecule has 140 valence electrons. The molecule has 0 unspecified atom stereocenters. The number of hydrogen-bond acceptors (Lipinski definition) is 4. The van der Waals surface area contributed by atoms with Crippen LogP contribution in [-0.2, 0) is 4.79 Å². The van der Waals surface area contributed by atoms with Crippen molar-refractivity contribution >= 4 is 22.7 Å². The predicted molar refractivity (Wildman–Crippen MR) is 109 cm³/mol. The number of carbonyl (C=O) groups excluding carboxylic acids is 1. The summed E-state index contributed by atoms with van der Waals surface area (Å²) < 4.78 is 11.4. The molecule has 3 aromatic carbocycles. The monoisotopic (exact) mass is 372 g/mol. The van der Waals surface area contributed by atoms with Crippen molar-refractivity contribution in [1.29, 1.82) is 0 Å². The van der Waals surface area contributed by atoms with E-state index in [-0.39, 0.29) is 12.5 Å². The van der Waals surface area contributed by atoms with Gasteiger partial charge in [-0.15, -0.1) is 0 Å². The molecule has 1 aromatic heterocycles. The van der Waals surface area contributed by atoms with E-state index in [4.69, 9.17) is 9.15 Å². The number of nitrogens with one attached hydrogen (secondary N) is 1. The van der Waals surface area contributed by atoms with E-state index >= 15 is 0 Å². The van der Waals surface area contributed by atoms with Gasteiger partial charge in [0.05, 0.1) is 0 Å². The number of amides is 1. The Bertz CT molecular complexity index is 1130. The average molecular weight is 372 g/mol. The summed E-state index contributed by atoms with van der Waals surface area (Å²) in [5.74, 6) is 1.05. The quantitative estimate of drug-likeness (QED) is 0.527. The van der Waals surface area contributed by atoms with Crippen LogP contribution in [0.2, 0.25) is 0 Å². The van der Waals surface area contributed by atoms with Gasteiger partial charge in [-0.2, -0.15) is 0 Å². The van der Waals surface area contributed by atoms with Crippen molar-refractivity contribution in [1.82, 2.24) is 4.98 Å². The van der Waals surface area contributed by atoms with Crippen LogP contribution in [0.4, 0.5) is 5.69 Å². The molecule has 5 nitrogen and oxygen atoms in total. The molecule has 4 aromatic rings. The highest BCUT2D eigenvalue weighted by molar-refractivity contribution is 5.92. The number of hydrogen-bond donors (Lipinski definition) is 1. The number of fused-ring (bicyclic) bond motifs is 1. The lowest BCUT2D eigenvalue weighted by molar-refractivity contribution is -0.118. The Labute approximate surface area is 163 Å². The lowest BCUT2D eigenvalue weighted by Gasteiger charge is -2.09. The second kappa shape index (κ2) is 7.56. The number of ether oxygens (including phenoxy) is 1. The molecule has 4 rings (SSSR count). The molecule has 1 N–H and O–H groups in total. The highest BCUT2D eigenvalue weighted by atomic mass is 16.5. The zero-order valence-electron chi connectivity index (χ0n) is 15.7. The molecule has 0 aliphatic heterocycles. The molecular formula is C23H20N2O3. The van der Waals surface area contributed by atoms with Crippen molar-refractivity contribution in [3.8, 4) is 17.2 Å². The number of carbonyl (C=O) groups is 1. The number of benzene rings is 3. The minimum absolute atomic E-state index is 0.0446. The normalized spacial score (nSPS) is 10.8. The number of aromatic nitrogens is 1. The van der Waals surface area contributed by atoms with Gasteiger partial charge in [0, 0.05) is 11.3 Å². The van der Waals surface area contributed by atoms with Crippen LogP contribution >= 0.6 is 0 Å². The van der Waals surface area contributed by atoms with Gasteiger partial charge in [0.25, 0.3) is 5.91 Å². The number of oxazole rings is 1. The molecule has 0 aliphatic rings. The molecule has 0 fully saturated rings. The van der Waals surface area contributed by atoms with Gasteiger partial charge in [0.15, 0.2) is 12.2 Å². The number of nitrogens with zero attached hydrogens (tertiary/aromatic N) is 1. The Morgan fingerprint density at radius 2 is 1.82 bits per heavy atom. The number of aryl methyl sites for hydroxylation is 2. The van der Waals surface area contributed by atoms with Crippen LogP contribution < -0.4 is 10.1 Å². The maximum absolute atomic E-state index is 12.1. The maximum Gasteiger partial charge on any atom is 0.262 e. The second-order valence-electron chi connectivity index (χ2n) is 6.67. The van der Waals surface area contributed by atoms with E-state index in [1.165, 1.54) is 0 Å². The van der Waals surface area contributed by atoms with Gasteiger partial charge in [0.2, 0.25) is 5.89 Å². The first kappa shape index (κ1) is 17.8. The first-order valence-electron chi connectivity index (χ1n) is 9.04. The number of anilines is 1.